The molecule has 0 fully saturated rings. The lowest BCUT2D eigenvalue weighted by atomic mass is 10.1. The molecule has 0 saturated carbocycles. The van der Waals surface area contributed by atoms with Gasteiger partial charge in [0.25, 0.3) is 0 Å². The third kappa shape index (κ3) is 2.74. The van der Waals surface area contributed by atoms with Gasteiger partial charge in [0, 0.05) is 23.4 Å². The number of hydrogen-bond acceptors (Lipinski definition) is 4. The van der Waals surface area contributed by atoms with E-state index in [4.69, 9.17) is 0 Å². The molecular formula is C20H14F3NO4. The van der Waals surface area contributed by atoms with Crippen LogP contribution in [0.2, 0.25) is 0 Å². The van der Waals surface area contributed by atoms with Gasteiger partial charge in [-0.3, -0.25) is 0 Å². The number of nitrogens with zero attached hydrogens (tertiary/aromatic N) is 1. The normalized spacial score (nSPS) is 12.1. The maximum absolute atomic E-state index is 12.8. The van der Waals surface area contributed by atoms with Crippen LogP contribution in [-0.2, 0) is 12.7 Å². The summed E-state index contributed by atoms with van der Waals surface area (Å²) in [7, 11) is 0. The summed E-state index contributed by atoms with van der Waals surface area (Å²) < 4.78 is 39.9. The van der Waals surface area contributed by atoms with Crippen LogP contribution in [0.1, 0.15) is 11.1 Å². The molecule has 1 heterocycles. The van der Waals surface area contributed by atoms with Gasteiger partial charge in [-0.05, 0) is 35.9 Å². The second kappa shape index (κ2) is 5.98. The average Bonchev–Trinajstić information content (AvgIpc) is 2.92. The minimum absolute atomic E-state index is 0.0688. The fourth-order valence-corrected chi connectivity index (χ4v) is 3.33. The summed E-state index contributed by atoms with van der Waals surface area (Å²) in [4.78, 5) is 0. The molecule has 0 bridgehead atoms. The van der Waals surface area contributed by atoms with Crippen LogP contribution in [0.5, 0.6) is 23.0 Å². The fraction of sp³-hybridized carbons (Fsp3) is 0.100. The molecule has 0 aliphatic rings. The Balaban J connectivity index is 1.94. The van der Waals surface area contributed by atoms with Gasteiger partial charge >= 0.3 is 6.18 Å². The van der Waals surface area contributed by atoms with Crippen molar-refractivity contribution in [3.63, 3.8) is 0 Å². The molecule has 0 saturated heterocycles. The summed E-state index contributed by atoms with van der Waals surface area (Å²) in [6.45, 7) is 0.0688. The summed E-state index contributed by atoms with van der Waals surface area (Å²) in [5, 5.41) is 41.0. The molecule has 5 nitrogen and oxygen atoms in total. The van der Waals surface area contributed by atoms with Gasteiger partial charge in [0.05, 0.1) is 16.6 Å². The minimum atomic E-state index is -4.45. The minimum Gasteiger partial charge on any atom is -0.504 e. The van der Waals surface area contributed by atoms with E-state index in [-0.39, 0.29) is 29.3 Å². The van der Waals surface area contributed by atoms with Gasteiger partial charge in [0.15, 0.2) is 23.0 Å². The molecule has 0 spiro atoms. The number of halogens is 3. The van der Waals surface area contributed by atoms with Gasteiger partial charge in [0.1, 0.15) is 0 Å². The van der Waals surface area contributed by atoms with E-state index in [0.29, 0.717) is 21.9 Å². The van der Waals surface area contributed by atoms with E-state index >= 15 is 0 Å². The van der Waals surface area contributed by atoms with Crippen molar-refractivity contribution < 1.29 is 33.6 Å². The maximum Gasteiger partial charge on any atom is 0.416 e. The smallest absolute Gasteiger partial charge is 0.416 e. The Kier molecular flexibility index (Phi) is 3.81. The van der Waals surface area contributed by atoms with Gasteiger partial charge in [0.2, 0.25) is 0 Å². The van der Waals surface area contributed by atoms with Crippen LogP contribution in [0.15, 0.2) is 48.5 Å². The first-order valence-corrected chi connectivity index (χ1v) is 8.22. The van der Waals surface area contributed by atoms with E-state index in [0.717, 1.165) is 12.1 Å². The van der Waals surface area contributed by atoms with Crippen molar-refractivity contribution in [1.82, 2.24) is 4.57 Å². The second-order valence-corrected chi connectivity index (χ2v) is 6.47. The lowest BCUT2D eigenvalue weighted by molar-refractivity contribution is -0.137. The molecule has 144 valence electrons. The van der Waals surface area contributed by atoms with Crippen molar-refractivity contribution in [2.24, 2.45) is 0 Å². The Morgan fingerprint density at radius 2 is 1.39 bits per heavy atom. The molecule has 8 heteroatoms. The molecule has 28 heavy (non-hydrogen) atoms. The number of phenols is 4. The maximum atomic E-state index is 12.8. The highest BCUT2D eigenvalue weighted by atomic mass is 19.4. The zero-order chi connectivity index (χ0) is 20.2. The average molecular weight is 389 g/mol. The van der Waals surface area contributed by atoms with Crippen LogP contribution in [0, 0.1) is 0 Å². The number of rotatable bonds is 2. The van der Waals surface area contributed by atoms with Crippen LogP contribution < -0.4 is 0 Å². The number of phenolic OH excluding ortho intramolecular Hbond substituents is 4. The Bertz CT molecular complexity index is 1210. The summed E-state index contributed by atoms with van der Waals surface area (Å²) >= 11 is 0. The van der Waals surface area contributed by atoms with E-state index in [9.17, 15) is 33.6 Å². The Morgan fingerprint density at radius 3 is 2.04 bits per heavy atom. The first kappa shape index (κ1) is 17.8. The molecule has 3 aromatic carbocycles. The third-order valence-corrected chi connectivity index (χ3v) is 4.70. The van der Waals surface area contributed by atoms with Crippen molar-refractivity contribution >= 4 is 21.8 Å². The van der Waals surface area contributed by atoms with Crippen molar-refractivity contribution in [2.75, 3.05) is 0 Å². The summed E-state index contributed by atoms with van der Waals surface area (Å²) in [6.07, 6.45) is -4.45. The summed E-state index contributed by atoms with van der Waals surface area (Å²) in [5.41, 5.74) is 0.412. The van der Waals surface area contributed by atoms with Gasteiger partial charge in [-0.1, -0.05) is 12.1 Å². The number of hydrogen-bond donors (Lipinski definition) is 4. The van der Waals surface area contributed by atoms with Crippen LogP contribution in [-0.4, -0.2) is 25.0 Å². The van der Waals surface area contributed by atoms with Gasteiger partial charge < -0.3 is 25.0 Å². The van der Waals surface area contributed by atoms with Crippen LogP contribution in [0.25, 0.3) is 21.8 Å². The largest absolute Gasteiger partial charge is 0.504 e. The number of aromatic hydroxyl groups is 4. The molecule has 0 radical (unpaired) electrons. The number of fused-ring (bicyclic) bond motifs is 3. The van der Waals surface area contributed by atoms with Crippen molar-refractivity contribution in [3.8, 4) is 23.0 Å². The Morgan fingerprint density at radius 1 is 0.750 bits per heavy atom. The van der Waals surface area contributed by atoms with Crippen LogP contribution in [0.3, 0.4) is 0 Å². The highest BCUT2D eigenvalue weighted by molar-refractivity contribution is 6.11. The van der Waals surface area contributed by atoms with Crippen molar-refractivity contribution in [1.29, 1.82) is 0 Å². The first-order chi connectivity index (χ1) is 13.2. The highest BCUT2D eigenvalue weighted by Gasteiger charge is 2.30. The van der Waals surface area contributed by atoms with Gasteiger partial charge in [-0.2, -0.15) is 13.2 Å². The van der Waals surface area contributed by atoms with Crippen LogP contribution >= 0.6 is 0 Å². The van der Waals surface area contributed by atoms with E-state index < -0.39 is 17.5 Å². The molecule has 0 atom stereocenters. The summed E-state index contributed by atoms with van der Waals surface area (Å²) in [5.74, 6) is -1.50. The Labute approximate surface area is 156 Å². The van der Waals surface area contributed by atoms with Gasteiger partial charge in [-0.25, -0.2) is 0 Å². The third-order valence-electron chi connectivity index (χ3n) is 4.70. The number of benzene rings is 3. The van der Waals surface area contributed by atoms with E-state index in [2.05, 4.69) is 0 Å². The zero-order valence-corrected chi connectivity index (χ0v) is 14.2. The summed E-state index contributed by atoms with van der Waals surface area (Å²) in [6, 6.07) is 10.0. The molecule has 1 aromatic heterocycles. The molecule has 0 unspecified atom stereocenters. The fourth-order valence-electron chi connectivity index (χ4n) is 3.33. The molecule has 0 aliphatic heterocycles. The van der Waals surface area contributed by atoms with Crippen LogP contribution in [0.4, 0.5) is 13.2 Å². The standard InChI is InChI=1S/C20H14F3NO4/c21-20(22,23)11-3-1-10(2-4-11)9-24-14-8-17(27)16(26)7-13(14)12-5-6-15(25)19(28)18(12)24/h1-8,25-28H,9H2. The molecule has 4 N–H and O–H groups in total. The lowest BCUT2D eigenvalue weighted by Gasteiger charge is -2.11. The molecular weight excluding hydrogens is 375 g/mol. The SMILES string of the molecule is Oc1cc2c3ccc(O)c(O)c3n(Cc3ccc(C(F)(F)F)cc3)c2cc1O. The quantitative estimate of drug-likeness (QED) is 0.375. The monoisotopic (exact) mass is 389 g/mol. The zero-order valence-electron chi connectivity index (χ0n) is 14.2. The van der Waals surface area contributed by atoms with Crippen molar-refractivity contribution in [2.45, 2.75) is 12.7 Å². The lowest BCUT2D eigenvalue weighted by Crippen LogP contribution is -2.05. The highest BCUT2D eigenvalue weighted by Crippen LogP contribution is 2.42. The molecule has 4 aromatic rings. The number of alkyl halides is 3. The van der Waals surface area contributed by atoms with E-state index in [1.165, 1.54) is 30.3 Å². The van der Waals surface area contributed by atoms with E-state index in [1.54, 1.807) is 10.6 Å². The molecule has 4 rings (SSSR count). The van der Waals surface area contributed by atoms with E-state index in [1.807, 2.05) is 0 Å². The van der Waals surface area contributed by atoms with Gasteiger partial charge in [-0.15, -0.1) is 0 Å². The molecule has 0 amide bonds. The predicted octanol–water partition coefficient (Wildman–Crippen LogP) is 4.68. The predicted molar refractivity (Wildman–Crippen MR) is 96.6 cm³/mol. The Hall–Kier alpha value is -3.55. The van der Waals surface area contributed by atoms with Crippen molar-refractivity contribution in [3.05, 3.63) is 59.7 Å². The number of aromatic nitrogens is 1. The first-order valence-electron chi connectivity index (χ1n) is 8.22. The second-order valence-electron chi connectivity index (χ2n) is 6.47. The topological polar surface area (TPSA) is 85.9 Å². The molecule has 0 aliphatic carbocycles.